The molecule has 1 saturated heterocycles. The summed E-state index contributed by atoms with van der Waals surface area (Å²) in [6.45, 7) is 16.8. The minimum Gasteiger partial charge on any atom is -0.413 e. The second kappa shape index (κ2) is 5.86. The Morgan fingerprint density at radius 3 is 2.50 bits per heavy atom. The Hall–Kier alpha value is -0.163. The van der Waals surface area contributed by atoms with Crippen LogP contribution < -0.4 is 5.32 Å². The van der Waals surface area contributed by atoms with Crippen LogP contribution in [0.25, 0.3) is 0 Å². The Bertz CT molecular complexity index is 297. The van der Waals surface area contributed by atoms with Gasteiger partial charge in [-0.3, -0.25) is 0 Å². The molecule has 4 heteroatoms. The quantitative estimate of drug-likeness (QED) is 0.597. The van der Waals surface area contributed by atoms with E-state index in [1.54, 1.807) is 0 Å². The van der Waals surface area contributed by atoms with E-state index in [0.29, 0.717) is 6.61 Å². The maximum Gasteiger partial charge on any atom is 0.192 e. The standard InChI is InChI=1S/C14H29NO2Si/c1-11(9-12-13(16)7-8-15-12)10-17-18(5,6)14(2,3)4/h12-13,15-16H,1,7-10H2,2-6H3/t12?,13-/m1/s1. The van der Waals surface area contributed by atoms with Crippen molar-refractivity contribution in [3.05, 3.63) is 12.2 Å². The Morgan fingerprint density at radius 2 is 2.06 bits per heavy atom. The number of aliphatic hydroxyl groups is 1. The van der Waals surface area contributed by atoms with Crippen molar-refractivity contribution in [2.45, 2.75) is 63.9 Å². The van der Waals surface area contributed by atoms with Crippen molar-refractivity contribution in [2.75, 3.05) is 13.2 Å². The van der Waals surface area contributed by atoms with Crippen molar-refractivity contribution >= 4 is 8.32 Å². The first-order valence-electron chi connectivity index (χ1n) is 6.85. The molecule has 18 heavy (non-hydrogen) atoms. The molecule has 1 rings (SSSR count). The average Bonchev–Trinajstić information content (AvgIpc) is 2.60. The van der Waals surface area contributed by atoms with E-state index in [-0.39, 0.29) is 17.2 Å². The number of aliphatic hydroxyl groups excluding tert-OH is 1. The van der Waals surface area contributed by atoms with Crippen molar-refractivity contribution < 1.29 is 9.53 Å². The summed E-state index contributed by atoms with van der Waals surface area (Å²) in [5.74, 6) is 0. The lowest BCUT2D eigenvalue weighted by atomic mass is 10.0. The highest BCUT2D eigenvalue weighted by molar-refractivity contribution is 6.74. The monoisotopic (exact) mass is 271 g/mol. The summed E-state index contributed by atoms with van der Waals surface area (Å²) in [6.07, 6.45) is 1.44. The zero-order valence-electron chi connectivity index (χ0n) is 12.5. The van der Waals surface area contributed by atoms with Gasteiger partial charge in [0.2, 0.25) is 0 Å². The molecule has 0 amide bonds. The molecule has 1 unspecified atom stereocenters. The Balaban J connectivity index is 2.37. The topological polar surface area (TPSA) is 41.5 Å². The SMILES string of the molecule is C=C(CO[Si](C)(C)C(C)(C)C)CC1NCC[C@H]1O. The maximum absolute atomic E-state index is 9.76. The van der Waals surface area contributed by atoms with Gasteiger partial charge in [0.1, 0.15) is 0 Å². The second-order valence-electron chi connectivity index (χ2n) is 6.92. The summed E-state index contributed by atoms with van der Waals surface area (Å²) in [7, 11) is -1.68. The summed E-state index contributed by atoms with van der Waals surface area (Å²) in [5.41, 5.74) is 1.08. The summed E-state index contributed by atoms with van der Waals surface area (Å²) in [5, 5.41) is 13.3. The van der Waals surface area contributed by atoms with Gasteiger partial charge in [-0.25, -0.2) is 0 Å². The molecular weight excluding hydrogens is 242 g/mol. The van der Waals surface area contributed by atoms with Gasteiger partial charge in [0.25, 0.3) is 0 Å². The smallest absolute Gasteiger partial charge is 0.192 e. The highest BCUT2D eigenvalue weighted by Gasteiger charge is 2.37. The van der Waals surface area contributed by atoms with Crippen LogP contribution in [-0.2, 0) is 4.43 Å². The minimum absolute atomic E-state index is 0.167. The highest BCUT2D eigenvalue weighted by Crippen LogP contribution is 2.36. The van der Waals surface area contributed by atoms with E-state index in [2.05, 4.69) is 45.8 Å². The van der Waals surface area contributed by atoms with E-state index in [0.717, 1.165) is 25.0 Å². The predicted octanol–water partition coefficient (Wildman–Crippen LogP) is 2.68. The van der Waals surface area contributed by atoms with Crippen LogP contribution in [0.2, 0.25) is 18.1 Å². The number of hydrogen-bond acceptors (Lipinski definition) is 3. The second-order valence-corrected chi connectivity index (χ2v) is 11.7. The Kier molecular flexibility index (Phi) is 5.18. The molecule has 1 fully saturated rings. The van der Waals surface area contributed by atoms with Gasteiger partial charge in [-0.1, -0.05) is 32.9 Å². The lowest BCUT2D eigenvalue weighted by molar-refractivity contribution is 0.157. The molecule has 0 spiro atoms. The van der Waals surface area contributed by atoms with Crippen LogP contribution in [-0.4, -0.2) is 38.7 Å². The molecule has 1 heterocycles. The van der Waals surface area contributed by atoms with Crippen LogP contribution in [0.3, 0.4) is 0 Å². The van der Waals surface area contributed by atoms with Crippen molar-refractivity contribution in [1.29, 1.82) is 0 Å². The van der Waals surface area contributed by atoms with Crippen LogP contribution in [0.1, 0.15) is 33.6 Å². The molecule has 0 bridgehead atoms. The van der Waals surface area contributed by atoms with Gasteiger partial charge < -0.3 is 14.8 Å². The van der Waals surface area contributed by atoms with Crippen molar-refractivity contribution in [3.63, 3.8) is 0 Å². The number of rotatable bonds is 5. The van der Waals surface area contributed by atoms with E-state index in [4.69, 9.17) is 4.43 Å². The van der Waals surface area contributed by atoms with E-state index in [1.807, 2.05) is 0 Å². The third kappa shape index (κ3) is 4.19. The lowest BCUT2D eigenvalue weighted by Gasteiger charge is -2.36. The molecule has 0 aromatic carbocycles. The fourth-order valence-electron chi connectivity index (χ4n) is 1.83. The van der Waals surface area contributed by atoms with Gasteiger partial charge >= 0.3 is 0 Å². The van der Waals surface area contributed by atoms with E-state index in [1.165, 1.54) is 0 Å². The van der Waals surface area contributed by atoms with Crippen molar-refractivity contribution in [2.24, 2.45) is 0 Å². The van der Waals surface area contributed by atoms with E-state index >= 15 is 0 Å². The first kappa shape index (κ1) is 15.9. The summed E-state index contributed by atoms with van der Waals surface area (Å²) < 4.78 is 6.13. The summed E-state index contributed by atoms with van der Waals surface area (Å²) in [4.78, 5) is 0. The van der Waals surface area contributed by atoms with Crippen LogP contribution in [0, 0.1) is 0 Å². The fourth-order valence-corrected chi connectivity index (χ4v) is 2.83. The Morgan fingerprint density at radius 1 is 1.44 bits per heavy atom. The van der Waals surface area contributed by atoms with Gasteiger partial charge in [0, 0.05) is 6.04 Å². The van der Waals surface area contributed by atoms with Crippen molar-refractivity contribution in [1.82, 2.24) is 5.32 Å². The summed E-state index contributed by atoms with van der Waals surface area (Å²) >= 11 is 0. The molecule has 0 radical (unpaired) electrons. The average molecular weight is 271 g/mol. The molecule has 1 aliphatic rings. The maximum atomic E-state index is 9.76. The lowest BCUT2D eigenvalue weighted by Crippen LogP contribution is -2.41. The molecule has 1 aliphatic heterocycles. The summed E-state index contributed by atoms with van der Waals surface area (Å²) in [6, 6.07) is 0.167. The van der Waals surface area contributed by atoms with Crippen LogP contribution >= 0.6 is 0 Å². The zero-order chi connectivity index (χ0) is 14.0. The van der Waals surface area contributed by atoms with Crippen LogP contribution in [0.5, 0.6) is 0 Å². The molecule has 0 aromatic rings. The first-order valence-corrected chi connectivity index (χ1v) is 9.76. The third-order valence-corrected chi connectivity index (χ3v) is 8.74. The molecule has 0 saturated carbocycles. The van der Waals surface area contributed by atoms with Gasteiger partial charge in [-0.05, 0) is 37.5 Å². The van der Waals surface area contributed by atoms with Gasteiger partial charge in [-0.2, -0.15) is 0 Å². The first-order chi connectivity index (χ1) is 8.13. The van der Waals surface area contributed by atoms with E-state index < -0.39 is 8.32 Å². The molecule has 106 valence electrons. The molecule has 3 nitrogen and oxygen atoms in total. The highest BCUT2D eigenvalue weighted by atomic mass is 28.4. The van der Waals surface area contributed by atoms with Crippen LogP contribution in [0.15, 0.2) is 12.2 Å². The molecule has 2 N–H and O–H groups in total. The third-order valence-electron chi connectivity index (χ3n) is 4.26. The van der Waals surface area contributed by atoms with E-state index in [9.17, 15) is 5.11 Å². The predicted molar refractivity (Wildman–Crippen MR) is 79.3 cm³/mol. The minimum atomic E-state index is -1.68. The van der Waals surface area contributed by atoms with Gasteiger partial charge in [0.05, 0.1) is 12.7 Å². The number of nitrogens with one attached hydrogen (secondary N) is 1. The fraction of sp³-hybridized carbons (Fsp3) is 0.857. The molecule has 2 atom stereocenters. The molecular formula is C14H29NO2Si. The zero-order valence-corrected chi connectivity index (χ0v) is 13.5. The normalized spacial score (nSPS) is 25.4. The molecule has 0 aromatic heterocycles. The number of hydrogen-bond donors (Lipinski definition) is 2. The van der Waals surface area contributed by atoms with Crippen molar-refractivity contribution in [3.8, 4) is 0 Å². The van der Waals surface area contributed by atoms with Gasteiger partial charge in [-0.15, -0.1) is 0 Å². The largest absolute Gasteiger partial charge is 0.413 e. The molecule has 0 aliphatic carbocycles. The van der Waals surface area contributed by atoms with Gasteiger partial charge in [0.15, 0.2) is 8.32 Å². The van der Waals surface area contributed by atoms with Crippen LogP contribution in [0.4, 0.5) is 0 Å². The Labute approximate surface area is 113 Å².